The number of carbonyl (C=O) groups excluding carboxylic acids is 2. The lowest BCUT2D eigenvalue weighted by Gasteiger charge is -2.31. The minimum atomic E-state index is -0.639. The third kappa shape index (κ3) is 6.51. The van der Waals surface area contributed by atoms with Gasteiger partial charge in [-0.2, -0.15) is 0 Å². The van der Waals surface area contributed by atoms with Gasteiger partial charge in [-0.25, -0.2) is 0 Å². The maximum absolute atomic E-state index is 13.2. The summed E-state index contributed by atoms with van der Waals surface area (Å²) in [5.74, 6) is -0.450. The number of rotatable bonds is 8. The molecule has 0 aliphatic rings. The largest absolute Gasteiger partial charge is 0.355 e. The molecular weight excluding hydrogens is 454 g/mol. The van der Waals surface area contributed by atoms with Crippen LogP contribution in [0.15, 0.2) is 36.4 Å². The maximum atomic E-state index is 13.2. The summed E-state index contributed by atoms with van der Waals surface area (Å²) in [4.78, 5) is 27.4. The summed E-state index contributed by atoms with van der Waals surface area (Å²) < 4.78 is 0. The summed E-state index contributed by atoms with van der Waals surface area (Å²) in [6.07, 6.45) is 0.494. The molecule has 2 aromatic rings. The number of halogens is 4. The van der Waals surface area contributed by atoms with Gasteiger partial charge in [0.05, 0.1) is 6.42 Å². The Morgan fingerprint density at radius 1 is 0.931 bits per heavy atom. The van der Waals surface area contributed by atoms with Crippen LogP contribution in [-0.4, -0.2) is 29.3 Å². The van der Waals surface area contributed by atoms with Crippen molar-refractivity contribution in [3.63, 3.8) is 0 Å². The number of hydrogen-bond acceptors (Lipinski definition) is 2. The Morgan fingerprint density at radius 2 is 1.48 bits per heavy atom. The van der Waals surface area contributed by atoms with Gasteiger partial charge < -0.3 is 10.2 Å². The number of nitrogens with zero attached hydrogens (tertiary/aromatic N) is 1. The fourth-order valence-electron chi connectivity index (χ4n) is 2.97. The van der Waals surface area contributed by atoms with Gasteiger partial charge >= 0.3 is 0 Å². The minimum absolute atomic E-state index is 0.0388. The van der Waals surface area contributed by atoms with Gasteiger partial charge in [0, 0.05) is 33.2 Å². The molecule has 2 rings (SSSR count). The second-order valence-electron chi connectivity index (χ2n) is 6.49. The molecule has 2 aromatic carbocycles. The van der Waals surface area contributed by atoms with Crippen molar-refractivity contribution < 1.29 is 9.59 Å². The van der Waals surface area contributed by atoms with Crippen LogP contribution in [0.5, 0.6) is 0 Å². The molecule has 4 nitrogen and oxygen atoms in total. The normalized spacial score (nSPS) is 11.8. The van der Waals surface area contributed by atoms with Gasteiger partial charge in [-0.3, -0.25) is 9.59 Å². The van der Waals surface area contributed by atoms with Crippen LogP contribution in [0, 0.1) is 0 Å². The molecule has 0 unspecified atom stereocenters. The second kappa shape index (κ2) is 11.1. The van der Waals surface area contributed by atoms with Crippen LogP contribution in [0.1, 0.15) is 31.4 Å². The van der Waals surface area contributed by atoms with E-state index in [0.717, 1.165) is 0 Å². The molecule has 0 bridgehead atoms. The number of hydrogen-bond donors (Lipinski definition) is 1. The van der Waals surface area contributed by atoms with Crippen LogP contribution < -0.4 is 5.32 Å². The van der Waals surface area contributed by atoms with E-state index in [-0.39, 0.29) is 24.8 Å². The van der Waals surface area contributed by atoms with Crippen molar-refractivity contribution >= 4 is 58.2 Å². The van der Waals surface area contributed by atoms with E-state index in [4.69, 9.17) is 46.4 Å². The zero-order valence-corrected chi connectivity index (χ0v) is 19.2. The van der Waals surface area contributed by atoms with Crippen LogP contribution >= 0.6 is 46.4 Å². The van der Waals surface area contributed by atoms with E-state index in [2.05, 4.69) is 5.32 Å². The average molecular weight is 476 g/mol. The molecule has 2 amide bonds. The van der Waals surface area contributed by atoms with E-state index in [1.807, 2.05) is 13.8 Å². The molecule has 1 atom stereocenters. The van der Waals surface area contributed by atoms with E-state index in [1.54, 1.807) is 36.4 Å². The summed E-state index contributed by atoms with van der Waals surface area (Å²) >= 11 is 24.5. The predicted octanol–water partition coefficient (Wildman–Crippen LogP) is 5.79. The number of benzene rings is 2. The molecule has 0 aliphatic carbocycles. The number of likely N-dealkylation sites (N-methyl/N-ethyl adjacent to an activating group) is 1. The van der Waals surface area contributed by atoms with Gasteiger partial charge in [0.2, 0.25) is 11.8 Å². The molecule has 8 heteroatoms. The lowest BCUT2D eigenvalue weighted by Crippen LogP contribution is -2.49. The molecule has 0 radical (unpaired) electrons. The monoisotopic (exact) mass is 474 g/mol. The summed E-state index contributed by atoms with van der Waals surface area (Å²) in [7, 11) is 0. The minimum Gasteiger partial charge on any atom is -0.355 e. The van der Waals surface area contributed by atoms with Gasteiger partial charge in [0.25, 0.3) is 0 Å². The first kappa shape index (κ1) is 23.8. The fourth-order valence-corrected chi connectivity index (χ4v) is 3.92. The van der Waals surface area contributed by atoms with Crippen LogP contribution in [0.25, 0.3) is 0 Å². The Kier molecular flexibility index (Phi) is 9.09. The quantitative estimate of drug-likeness (QED) is 0.525. The van der Waals surface area contributed by atoms with Crippen LogP contribution in [0.4, 0.5) is 0 Å². The van der Waals surface area contributed by atoms with Crippen molar-refractivity contribution in [2.45, 2.75) is 39.3 Å². The lowest BCUT2D eigenvalue weighted by atomic mass is 10.1. The lowest BCUT2D eigenvalue weighted by molar-refractivity contribution is -0.140. The third-order valence-corrected chi connectivity index (χ3v) is 5.62. The van der Waals surface area contributed by atoms with Gasteiger partial charge in [-0.15, -0.1) is 0 Å². The smallest absolute Gasteiger partial charge is 0.242 e. The van der Waals surface area contributed by atoms with Crippen molar-refractivity contribution in [3.8, 4) is 0 Å². The zero-order chi connectivity index (χ0) is 21.6. The molecule has 1 N–H and O–H groups in total. The Hall–Kier alpha value is -1.46. The second-order valence-corrected chi connectivity index (χ2v) is 8.18. The van der Waals surface area contributed by atoms with Crippen molar-refractivity contribution in [2.75, 3.05) is 6.54 Å². The molecule has 0 aliphatic heterocycles. The van der Waals surface area contributed by atoms with Crippen molar-refractivity contribution in [1.29, 1.82) is 0 Å². The number of amides is 2. The Bertz CT molecular complexity index is 889. The van der Waals surface area contributed by atoms with Crippen molar-refractivity contribution in [2.24, 2.45) is 0 Å². The Balaban J connectivity index is 2.36. The fraction of sp³-hybridized carbons (Fsp3) is 0.333. The van der Waals surface area contributed by atoms with Gasteiger partial charge in [0.15, 0.2) is 0 Å². The van der Waals surface area contributed by atoms with Gasteiger partial charge in [0.1, 0.15) is 6.04 Å². The molecule has 0 saturated heterocycles. The highest BCUT2D eigenvalue weighted by Gasteiger charge is 2.29. The molecule has 0 heterocycles. The molecular formula is C21H22Cl4N2O2. The first-order valence-corrected chi connectivity index (χ1v) is 10.7. The van der Waals surface area contributed by atoms with Crippen molar-refractivity contribution in [3.05, 3.63) is 67.6 Å². The third-order valence-electron chi connectivity index (χ3n) is 4.45. The Labute approximate surface area is 191 Å². The topological polar surface area (TPSA) is 49.4 Å². The average Bonchev–Trinajstić information content (AvgIpc) is 2.65. The molecule has 0 saturated carbocycles. The SMILES string of the molecule is CCNC(=O)[C@@H](CC)N(Cc1ccc(Cl)cc1Cl)C(=O)Cc1ccc(Cl)cc1Cl. The molecule has 0 fully saturated rings. The van der Waals surface area contributed by atoms with E-state index in [1.165, 1.54) is 4.90 Å². The summed E-state index contributed by atoms with van der Waals surface area (Å²) in [6, 6.07) is 9.41. The summed E-state index contributed by atoms with van der Waals surface area (Å²) in [6.45, 7) is 4.34. The number of nitrogens with one attached hydrogen (secondary N) is 1. The van der Waals surface area contributed by atoms with Gasteiger partial charge in [-0.1, -0.05) is 65.5 Å². The van der Waals surface area contributed by atoms with E-state index in [0.29, 0.717) is 44.2 Å². The zero-order valence-electron chi connectivity index (χ0n) is 16.1. The highest BCUT2D eigenvalue weighted by Crippen LogP contribution is 2.26. The van der Waals surface area contributed by atoms with E-state index in [9.17, 15) is 9.59 Å². The molecule has 0 spiro atoms. The summed E-state index contributed by atoms with van der Waals surface area (Å²) in [5, 5.41) is 4.62. The van der Waals surface area contributed by atoms with Crippen LogP contribution in [0.3, 0.4) is 0 Å². The van der Waals surface area contributed by atoms with Crippen molar-refractivity contribution in [1.82, 2.24) is 10.2 Å². The highest BCUT2D eigenvalue weighted by molar-refractivity contribution is 6.35. The van der Waals surface area contributed by atoms with Crippen LogP contribution in [0.2, 0.25) is 20.1 Å². The highest BCUT2D eigenvalue weighted by atomic mass is 35.5. The molecule has 29 heavy (non-hydrogen) atoms. The first-order valence-electron chi connectivity index (χ1n) is 9.21. The summed E-state index contributed by atoms with van der Waals surface area (Å²) in [5.41, 5.74) is 1.34. The standard InChI is InChI=1S/C21H22Cl4N2O2/c1-3-19(21(29)26-4-2)27(12-14-6-8-16(23)11-18(14)25)20(28)9-13-5-7-15(22)10-17(13)24/h5-8,10-11,19H,3-4,9,12H2,1-2H3,(H,26,29)/t19-/m1/s1. The van der Waals surface area contributed by atoms with E-state index >= 15 is 0 Å². The maximum Gasteiger partial charge on any atom is 0.242 e. The predicted molar refractivity (Wildman–Crippen MR) is 120 cm³/mol. The molecule has 156 valence electrons. The van der Waals surface area contributed by atoms with E-state index < -0.39 is 6.04 Å². The number of carbonyl (C=O) groups is 2. The Morgan fingerprint density at radius 3 is 1.97 bits per heavy atom. The van der Waals surface area contributed by atoms with Gasteiger partial charge in [-0.05, 0) is 48.7 Å². The van der Waals surface area contributed by atoms with Crippen LogP contribution in [-0.2, 0) is 22.6 Å². The first-order chi connectivity index (χ1) is 13.8. The molecule has 0 aromatic heterocycles.